The number of nitrogens with one attached hydrogen (secondary N) is 1. The van der Waals surface area contributed by atoms with Crippen molar-refractivity contribution in [1.29, 1.82) is 0 Å². The van der Waals surface area contributed by atoms with E-state index in [1.165, 1.54) is 5.69 Å². The van der Waals surface area contributed by atoms with Crippen LogP contribution in [-0.4, -0.2) is 9.78 Å². The van der Waals surface area contributed by atoms with Crippen LogP contribution >= 0.6 is 0 Å². The van der Waals surface area contributed by atoms with Crippen LogP contribution in [0.15, 0.2) is 12.3 Å². The predicted octanol–water partition coefficient (Wildman–Crippen LogP) is 2.09. The lowest BCUT2D eigenvalue weighted by Crippen LogP contribution is -2.36. The molecule has 1 aromatic rings. The van der Waals surface area contributed by atoms with Crippen LogP contribution in [-0.2, 0) is 6.54 Å². The van der Waals surface area contributed by atoms with Crippen molar-refractivity contribution in [3.63, 3.8) is 0 Å². The number of hydrogen-bond acceptors (Lipinski definition) is 3. The average molecular weight is 224 g/mol. The SMILES string of the molecule is CCCn1nccc1C(NN)C(C)C(C)C. The van der Waals surface area contributed by atoms with Crippen LogP contribution in [0.4, 0.5) is 0 Å². The van der Waals surface area contributed by atoms with E-state index in [-0.39, 0.29) is 6.04 Å². The van der Waals surface area contributed by atoms with Gasteiger partial charge in [0, 0.05) is 12.7 Å². The minimum absolute atomic E-state index is 0.175. The molecule has 0 bridgehead atoms. The summed E-state index contributed by atoms with van der Waals surface area (Å²) in [6, 6.07) is 2.23. The Morgan fingerprint density at radius 3 is 2.62 bits per heavy atom. The van der Waals surface area contributed by atoms with Crippen LogP contribution in [0.5, 0.6) is 0 Å². The van der Waals surface area contributed by atoms with E-state index in [9.17, 15) is 0 Å². The Morgan fingerprint density at radius 2 is 2.12 bits per heavy atom. The molecular weight excluding hydrogens is 200 g/mol. The van der Waals surface area contributed by atoms with E-state index < -0.39 is 0 Å². The molecule has 0 aliphatic carbocycles. The largest absolute Gasteiger partial charge is 0.271 e. The van der Waals surface area contributed by atoms with Gasteiger partial charge in [-0.25, -0.2) is 0 Å². The van der Waals surface area contributed by atoms with Crippen molar-refractivity contribution in [2.45, 2.75) is 46.7 Å². The molecule has 0 amide bonds. The summed E-state index contributed by atoms with van der Waals surface area (Å²) in [4.78, 5) is 0. The summed E-state index contributed by atoms with van der Waals surface area (Å²) in [7, 11) is 0. The maximum absolute atomic E-state index is 5.68. The summed E-state index contributed by atoms with van der Waals surface area (Å²) < 4.78 is 2.05. The van der Waals surface area contributed by atoms with E-state index in [2.05, 4.69) is 44.3 Å². The summed E-state index contributed by atoms with van der Waals surface area (Å²) in [5.74, 6) is 6.75. The van der Waals surface area contributed by atoms with Gasteiger partial charge in [0.2, 0.25) is 0 Å². The third kappa shape index (κ3) is 2.83. The maximum Gasteiger partial charge on any atom is 0.0656 e. The molecule has 1 heterocycles. The highest BCUT2D eigenvalue weighted by molar-refractivity contribution is 5.08. The van der Waals surface area contributed by atoms with E-state index in [1.807, 2.05) is 10.9 Å². The zero-order valence-electron chi connectivity index (χ0n) is 10.8. The highest BCUT2D eigenvalue weighted by Crippen LogP contribution is 2.26. The maximum atomic E-state index is 5.68. The molecular formula is C12H24N4. The summed E-state index contributed by atoms with van der Waals surface area (Å²) in [5.41, 5.74) is 4.11. The molecule has 0 fully saturated rings. The zero-order valence-corrected chi connectivity index (χ0v) is 10.8. The normalized spacial score (nSPS) is 15.4. The van der Waals surface area contributed by atoms with Gasteiger partial charge >= 0.3 is 0 Å². The van der Waals surface area contributed by atoms with E-state index in [1.54, 1.807) is 0 Å². The summed E-state index contributed by atoms with van der Waals surface area (Å²) in [6.45, 7) is 9.76. The van der Waals surface area contributed by atoms with Crippen LogP contribution in [0.1, 0.15) is 45.9 Å². The Labute approximate surface area is 98.2 Å². The minimum Gasteiger partial charge on any atom is -0.271 e. The molecule has 4 heteroatoms. The Hall–Kier alpha value is -0.870. The first-order chi connectivity index (χ1) is 7.61. The lowest BCUT2D eigenvalue weighted by molar-refractivity contribution is 0.291. The third-order valence-electron chi connectivity index (χ3n) is 3.26. The number of nitrogens with two attached hydrogens (primary N) is 1. The fourth-order valence-corrected chi connectivity index (χ4v) is 1.90. The van der Waals surface area contributed by atoms with E-state index in [0.29, 0.717) is 11.8 Å². The van der Waals surface area contributed by atoms with Gasteiger partial charge in [-0.15, -0.1) is 0 Å². The molecule has 0 spiro atoms. The van der Waals surface area contributed by atoms with Crippen LogP contribution in [0.25, 0.3) is 0 Å². The fraction of sp³-hybridized carbons (Fsp3) is 0.750. The van der Waals surface area contributed by atoms with E-state index in [0.717, 1.165) is 13.0 Å². The molecule has 0 saturated heterocycles. The molecule has 1 rings (SSSR count). The van der Waals surface area contributed by atoms with E-state index in [4.69, 9.17) is 5.84 Å². The van der Waals surface area contributed by atoms with Gasteiger partial charge in [0.15, 0.2) is 0 Å². The van der Waals surface area contributed by atoms with Gasteiger partial charge in [-0.3, -0.25) is 16.0 Å². The molecule has 16 heavy (non-hydrogen) atoms. The van der Waals surface area contributed by atoms with Gasteiger partial charge in [-0.2, -0.15) is 5.10 Å². The van der Waals surface area contributed by atoms with Crippen molar-refractivity contribution in [2.24, 2.45) is 17.7 Å². The van der Waals surface area contributed by atoms with Gasteiger partial charge < -0.3 is 0 Å². The van der Waals surface area contributed by atoms with Crippen LogP contribution < -0.4 is 11.3 Å². The lowest BCUT2D eigenvalue weighted by atomic mass is 9.89. The summed E-state index contributed by atoms with van der Waals surface area (Å²) >= 11 is 0. The molecule has 0 saturated carbocycles. The van der Waals surface area contributed by atoms with E-state index >= 15 is 0 Å². The van der Waals surface area contributed by atoms with Crippen molar-refractivity contribution < 1.29 is 0 Å². The van der Waals surface area contributed by atoms with Gasteiger partial charge in [0.25, 0.3) is 0 Å². The summed E-state index contributed by atoms with van der Waals surface area (Å²) in [6.07, 6.45) is 2.93. The second-order valence-corrected chi connectivity index (χ2v) is 4.73. The zero-order chi connectivity index (χ0) is 12.1. The number of rotatable bonds is 6. The standard InChI is InChI=1S/C12H24N4/c1-5-8-16-11(6-7-14-16)12(15-13)10(4)9(2)3/h6-7,9-10,12,15H,5,8,13H2,1-4H3. The molecule has 0 aliphatic rings. The monoisotopic (exact) mass is 224 g/mol. The number of aryl methyl sites for hydroxylation is 1. The fourth-order valence-electron chi connectivity index (χ4n) is 1.90. The quantitative estimate of drug-likeness (QED) is 0.574. The predicted molar refractivity (Wildman–Crippen MR) is 66.6 cm³/mol. The first-order valence-electron chi connectivity index (χ1n) is 6.09. The molecule has 3 N–H and O–H groups in total. The molecule has 4 nitrogen and oxygen atoms in total. The molecule has 92 valence electrons. The van der Waals surface area contributed by atoms with Gasteiger partial charge in [0.1, 0.15) is 0 Å². The molecule has 0 aliphatic heterocycles. The number of hydrazine groups is 1. The second-order valence-electron chi connectivity index (χ2n) is 4.73. The number of nitrogens with zero attached hydrogens (tertiary/aromatic N) is 2. The smallest absolute Gasteiger partial charge is 0.0656 e. The summed E-state index contributed by atoms with van der Waals surface area (Å²) in [5, 5.41) is 4.34. The number of aromatic nitrogens is 2. The third-order valence-corrected chi connectivity index (χ3v) is 3.26. The van der Waals surface area contributed by atoms with Gasteiger partial charge in [0.05, 0.1) is 11.7 Å². The van der Waals surface area contributed by atoms with Crippen LogP contribution in [0.2, 0.25) is 0 Å². The van der Waals surface area contributed by atoms with Gasteiger partial charge in [-0.1, -0.05) is 27.7 Å². The molecule has 2 atom stereocenters. The lowest BCUT2D eigenvalue weighted by Gasteiger charge is -2.26. The Bertz CT molecular complexity index is 306. The minimum atomic E-state index is 0.175. The van der Waals surface area contributed by atoms with Gasteiger partial charge in [-0.05, 0) is 24.3 Å². The van der Waals surface area contributed by atoms with Crippen molar-refractivity contribution >= 4 is 0 Å². The Balaban J connectivity index is 2.89. The van der Waals surface area contributed by atoms with Crippen molar-refractivity contribution in [3.05, 3.63) is 18.0 Å². The number of hydrogen-bond donors (Lipinski definition) is 2. The van der Waals surface area contributed by atoms with Crippen LogP contribution in [0.3, 0.4) is 0 Å². The average Bonchev–Trinajstić information content (AvgIpc) is 2.68. The topological polar surface area (TPSA) is 55.9 Å². The van der Waals surface area contributed by atoms with Crippen molar-refractivity contribution in [2.75, 3.05) is 0 Å². The molecule has 1 aromatic heterocycles. The first-order valence-corrected chi connectivity index (χ1v) is 6.09. The highest BCUT2D eigenvalue weighted by Gasteiger charge is 2.23. The van der Waals surface area contributed by atoms with Crippen molar-refractivity contribution in [1.82, 2.24) is 15.2 Å². The molecule has 0 aromatic carbocycles. The highest BCUT2D eigenvalue weighted by atomic mass is 15.3. The Kier molecular flexibility index (Phi) is 4.96. The molecule has 2 unspecified atom stereocenters. The Morgan fingerprint density at radius 1 is 1.44 bits per heavy atom. The van der Waals surface area contributed by atoms with Crippen LogP contribution in [0, 0.1) is 11.8 Å². The first kappa shape index (κ1) is 13.2. The molecule has 0 radical (unpaired) electrons. The van der Waals surface area contributed by atoms with Crippen molar-refractivity contribution in [3.8, 4) is 0 Å². The second kappa shape index (κ2) is 6.01.